The van der Waals surface area contributed by atoms with E-state index in [0.717, 1.165) is 0 Å². The van der Waals surface area contributed by atoms with Crippen LogP contribution in [0.15, 0.2) is 16.7 Å². The molecule has 1 unspecified atom stereocenters. The molecule has 0 amide bonds. The average molecular weight is 268 g/mol. The van der Waals surface area contributed by atoms with E-state index in [9.17, 15) is 4.39 Å². The van der Waals surface area contributed by atoms with Crippen molar-refractivity contribution in [1.29, 1.82) is 0 Å². The van der Waals surface area contributed by atoms with Crippen LogP contribution in [0.25, 0.3) is 0 Å². The van der Waals surface area contributed by atoms with E-state index < -0.39 is 6.17 Å². The van der Waals surface area contributed by atoms with E-state index in [1.807, 2.05) is 0 Å². The molecule has 0 bridgehead atoms. The zero-order valence-electron chi connectivity index (χ0n) is 6.80. The molecule has 0 aliphatic rings. The molecule has 2 nitrogen and oxygen atoms in total. The Balaban J connectivity index is 2.91. The summed E-state index contributed by atoms with van der Waals surface area (Å²) in [5, 5.41) is 0.198. The lowest BCUT2D eigenvalue weighted by Gasteiger charge is -2.08. The first-order valence-corrected chi connectivity index (χ1v) is 4.97. The van der Waals surface area contributed by atoms with Crippen LogP contribution in [0.2, 0.25) is 5.15 Å². The summed E-state index contributed by atoms with van der Waals surface area (Å²) >= 11 is 8.91. The Morgan fingerprint density at radius 1 is 1.69 bits per heavy atom. The van der Waals surface area contributed by atoms with E-state index >= 15 is 0 Å². The molecule has 0 aromatic carbocycles. The second kappa shape index (κ2) is 4.88. The van der Waals surface area contributed by atoms with Crippen molar-refractivity contribution in [2.45, 2.75) is 12.6 Å². The lowest BCUT2D eigenvalue weighted by atomic mass is 10.1. The van der Waals surface area contributed by atoms with Crippen molar-refractivity contribution in [3.05, 3.63) is 27.5 Å². The third-order valence-corrected chi connectivity index (χ3v) is 2.34. The van der Waals surface area contributed by atoms with E-state index in [4.69, 9.17) is 17.3 Å². The monoisotopic (exact) mass is 266 g/mol. The second-order valence-electron chi connectivity index (χ2n) is 2.58. The van der Waals surface area contributed by atoms with Crippen LogP contribution in [-0.2, 0) is 0 Å². The number of pyridine rings is 1. The Labute approximate surface area is 89.4 Å². The SMILES string of the molecule is NCCC(F)c1cc(Br)cnc1Cl. The van der Waals surface area contributed by atoms with E-state index in [2.05, 4.69) is 20.9 Å². The van der Waals surface area contributed by atoms with E-state index in [1.54, 1.807) is 6.07 Å². The summed E-state index contributed by atoms with van der Waals surface area (Å²) in [6.07, 6.45) is 0.654. The van der Waals surface area contributed by atoms with Crippen molar-refractivity contribution in [1.82, 2.24) is 4.98 Å². The van der Waals surface area contributed by atoms with Gasteiger partial charge in [-0.1, -0.05) is 11.6 Å². The standard InChI is InChI=1S/C8H9BrClFN2/c9-5-3-6(7(11)1-2-12)8(10)13-4-5/h3-4,7H,1-2,12H2. The Bertz CT molecular complexity index is 295. The highest BCUT2D eigenvalue weighted by Crippen LogP contribution is 2.28. The van der Waals surface area contributed by atoms with Gasteiger partial charge in [0.15, 0.2) is 0 Å². The summed E-state index contributed by atoms with van der Waals surface area (Å²) in [4.78, 5) is 3.82. The lowest BCUT2D eigenvalue weighted by Crippen LogP contribution is -2.04. The Kier molecular flexibility index (Phi) is 4.09. The van der Waals surface area contributed by atoms with Crippen molar-refractivity contribution in [2.24, 2.45) is 5.73 Å². The van der Waals surface area contributed by atoms with Crippen LogP contribution >= 0.6 is 27.5 Å². The van der Waals surface area contributed by atoms with Gasteiger partial charge in [0, 0.05) is 16.2 Å². The fourth-order valence-electron chi connectivity index (χ4n) is 0.960. The zero-order chi connectivity index (χ0) is 9.84. The summed E-state index contributed by atoms with van der Waals surface area (Å²) in [7, 11) is 0. The second-order valence-corrected chi connectivity index (χ2v) is 3.85. The van der Waals surface area contributed by atoms with Crippen LogP contribution in [0, 0.1) is 0 Å². The van der Waals surface area contributed by atoms with Crippen LogP contribution in [0.3, 0.4) is 0 Å². The van der Waals surface area contributed by atoms with Crippen molar-refractivity contribution >= 4 is 27.5 Å². The molecule has 72 valence electrons. The molecular weight excluding hydrogens is 258 g/mol. The Hall–Kier alpha value is -0.190. The number of nitrogens with zero attached hydrogens (tertiary/aromatic N) is 1. The molecule has 0 radical (unpaired) electrons. The maximum Gasteiger partial charge on any atom is 0.135 e. The van der Waals surface area contributed by atoms with Gasteiger partial charge in [-0.25, -0.2) is 9.37 Å². The molecule has 13 heavy (non-hydrogen) atoms. The summed E-state index contributed by atoms with van der Waals surface area (Å²) in [6, 6.07) is 1.62. The van der Waals surface area contributed by atoms with Crippen LogP contribution in [-0.4, -0.2) is 11.5 Å². The Morgan fingerprint density at radius 3 is 3.00 bits per heavy atom. The lowest BCUT2D eigenvalue weighted by molar-refractivity contribution is 0.327. The molecular formula is C8H9BrClFN2. The third-order valence-electron chi connectivity index (χ3n) is 1.59. The number of hydrogen-bond donors (Lipinski definition) is 1. The molecule has 1 aromatic rings. The summed E-state index contributed by atoms with van der Waals surface area (Å²) in [6.45, 7) is 0.296. The van der Waals surface area contributed by atoms with Crippen molar-refractivity contribution in [2.75, 3.05) is 6.54 Å². The van der Waals surface area contributed by atoms with Crippen LogP contribution in [0.5, 0.6) is 0 Å². The molecule has 2 N–H and O–H groups in total. The van der Waals surface area contributed by atoms with Gasteiger partial charge in [-0.2, -0.15) is 0 Å². The molecule has 1 rings (SSSR count). The predicted octanol–water partition coefficient (Wildman–Crippen LogP) is 2.86. The third kappa shape index (κ3) is 2.90. The van der Waals surface area contributed by atoms with Gasteiger partial charge in [-0.15, -0.1) is 0 Å². The smallest absolute Gasteiger partial charge is 0.135 e. The van der Waals surface area contributed by atoms with E-state index in [1.165, 1.54) is 6.20 Å². The normalized spacial score (nSPS) is 12.9. The number of rotatable bonds is 3. The highest BCUT2D eigenvalue weighted by atomic mass is 79.9. The maximum absolute atomic E-state index is 13.4. The zero-order valence-corrected chi connectivity index (χ0v) is 9.15. The van der Waals surface area contributed by atoms with Gasteiger partial charge in [-0.05, 0) is 35.0 Å². The summed E-state index contributed by atoms with van der Waals surface area (Å²) in [5.41, 5.74) is 5.63. The number of aromatic nitrogens is 1. The highest BCUT2D eigenvalue weighted by Gasteiger charge is 2.13. The molecule has 0 spiro atoms. The quantitative estimate of drug-likeness (QED) is 0.855. The predicted molar refractivity (Wildman–Crippen MR) is 54.5 cm³/mol. The van der Waals surface area contributed by atoms with Crippen molar-refractivity contribution in [3.63, 3.8) is 0 Å². The van der Waals surface area contributed by atoms with Gasteiger partial charge in [0.05, 0.1) is 0 Å². The maximum atomic E-state index is 13.4. The van der Waals surface area contributed by atoms with Gasteiger partial charge < -0.3 is 5.73 Å². The van der Waals surface area contributed by atoms with E-state index in [0.29, 0.717) is 16.6 Å². The minimum atomic E-state index is -1.14. The summed E-state index contributed by atoms with van der Waals surface area (Å²) < 4.78 is 14.1. The number of halogens is 3. The van der Waals surface area contributed by atoms with Gasteiger partial charge in [0.25, 0.3) is 0 Å². The minimum absolute atomic E-state index is 0.198. The van der Waals surface area contributed by atoms with E-state index in [-0.39, 0.29) is 11.6 Å². The van der Waals surface area contributed by atoms with Gasteiger partial charge in [0.1, 0.15) is 11.3 Å². The minimum Gasteiger partial charge on any atom is -0.330 e. The number of nitrogens with two attached hydrogens (primary N) is 1. The largest absolute Gasteiger partial charge is 0.330 e. The van der Waals surface area contributed by atoms with Gasteiger partial charge >= 0.3 is 0 Å². The first-order chi connectivity index (χ1) is 6.15. The summed E-state index contributed by atoms with van der Waals surface area (Å²) in [5.74, 6) is 0. The fourth-order valence-corrected chi connectivity index (χ4v) is 1.53. The van der Waals surface area contributed by atoms with Gasteiger partial charge in [0.2, 0.25) is 0 Å². The molecule has 5 heteroatoms. The van der Waals surface area contributed by atoms with Crippen LogP contribution in [0.1, 0.15) is 18.2 Å². The molecule has 1 heterocycles. The molecule has 0 saturated heterocycles. The molecule has 0 saturated carbocycles. The highest BCUT2D eigenvalue weighted by molar-refractivity contribution is 9.10. The first-order valence-electron chi connectivity index (χ1n) is 3.80. The van der Waals surface area contributed by atoms with Crippen molar-refractivity contribution in [3.8, 4) is 0 Å². The molecule has 0 aliphatic carbocycles. The van der Waals surface area contributed by atoms with Gasteiger partial charge in [-0.3, -0.25) is 0 Å². The van der Waals surface area contributed by atoms with Crippen LogP contribution in [0.4, 0.5) is 4.39 Å². The van der Waals surface area contributed by atoms with Crippen molar-refractivity contribution < 1.29 is 4.39 Å². The van der Waals surface area contributed by atoms with Crippen LogP contribution < -0.4 is 5.73 Å². The number of hydrogen-bond acceptors (Lipinski definition) is 2. The topological polar surface area (TPSA) is 38.9 Å². The molecule has 0 aliphatic heterocycles. The fraction of sp³-hybridized carbons (Fsp3) is 0.375. The Morgan fingerprint density at radius 2 is 2.38 bits per heavy atom. The average Bonchev–Trinajstić information content (AvgIpc) is 2.09. The molecule has 0 fully saturated rings. The first kappa shape index (κ1) is 10.9. The number of alkyl halides is 1. The molecule has 1 aromatic heterocycles. The molecule has 1 atom stereocenters.